The van der Waals surface area contributed by atoms with E-state index in [1.54, 1.807) is 6.08 Å². The first-order valence-corrected chi connectivity index (χ1v) is 9.40. The van der Waals surface area contributed by atoms with Gasteiger partial charge in [-0.25, -0.2) is 9.37 Å². The van der Waals surface area contributed by atoms with Crippen LogP contribution in [0.5, 0.6) is 0 Å². The summed E-state index contributed by atoms with van der Waals surface area (Å²) in [6, 6.07) is 12.2. The van der Waals surface area contributed by atoms with Crippen LogP contribution in [-0.4, -0.2) is 32.9 Å². The molecule has 27 heavy (non-hydrogen) atoms. The Morgan fingerprint density at radius 1 is 1.30 bits per heavy atom. The van der Waals surface area contributed by atoms with Crippen LogP contribution in [0, 0.1) is 0 Å². The van der Waals surface area contributed by atoms with Crippen LogP contribution < -0.4 is 5.73 Å². The van der Waals surface area contributed by atoms with Gasteiger partial charge in [-0.15, -0.1) is 0 Å². The van der Waals surface area contributed by atoms with E-state index in [9.17, 15) is 4.39 Å². The molecule has 3 aromatic rings. The maximum Gasteiger partial charge on any atom is 0.121 e. The first-order valence-electron chi connectivity index (χ1n) is 9.40. The molecule has 0 amide bonds. The minimum Gasteiger partial charge on any atom is -0.341 e. The van der Waals surface area contributed by atoms with E-state index in [4.69, 9.17) is 10.7 Å². The predicted molar refractivity (Wildman–Crippen MR) is 105 cm³/mol. The summed E-state index contributed by atoms with van der Waals surface area (Å²) in [5, 5.41) is 0. The van der Waals surface area contributed by atoms with Crippen LogP contribution in [0.3, 0.4) is 0 Å². The van der Waals surface area contributed by atoms with Crippen molar-refractivity contribution in [3.05, 3.63) is 71.6 Å². The number of nitrogens with two attached hydrogens (primary N) is 1. The number of H-pyrrole nitrogens is 1. The molecule has 1 aromatic carbocycles. The second-order valence-corrected chi connectivity index (χ2v) is 6.94. The highest BCUT2D eigenvalue weighted by atomic mass is 19.1. The summed E-state index contributed by atoms with van der Waals surface area (Å²) >= 11 is 0. The number of halogens is 1. The standard InChI is InChI=1S/C21H24FN5/c22-16(13-23)10-12-27(14-20-25-17-7-1-2-8-18(17)26-20)19-9-3-5-15-6-4-11-24-21(15)19/h1-2,4,6-8,10-11,19H,3,5,9,12-14,23H2,(H,25,26)/b16-10-. The molecule has 140 valence electrons. The summed E-state index contributed by atoms with van der Waals surface area (Å²) in [5.74, 6) is 0.586. The van der Waals surface area contributed by atoms with Crippen LogP contribution >= 0.6 is 0 Å². The molecule has 1 atom stereocenters. The average Bonchev–Trinajstić information content (AvgIpc) is 3.13. The van der Waals surface area contributed by atoms with E-state index < -0.39 is 0 Å². The van der Waals surface area contributed by atoms with Gasteiger partial charge in [0.25, 0.3) is 0 Å². The molecule has 0 aliphatic heterocycles. The van der Waals surface area contributed by atoms with Crippen LogP contribution in [-0.2, 0) is 13.0 Å². The summed E-state index contributed by atoms with van der Waals surface area (Å²) in [4.78, 5) is 14.9. The van der Waals surface area contributed by atoms with Crippen LogP contribution in [0.4, 0.5) is 4.39 Å². The van der Waals surface area contributed by atoms with Gasteiger partial charge in [-0.3, -0.25) is 9.88 Å². The zero-order valence-electron chi connectivity index (χ0n) is 15.2. The molecule has 1 aliphatic rings. The molecule has 0 spiro atoms. The molecule has 0 bridgehead atoms. The number of benzene rings is 1. The monoisotopic (exact) mass is 365 g/mol. The molecule has 2 heterocycles. The van der Waals surface area contributed by atoms with Crippen molar-refractivity contribution in [1.29, 1.82) is 0 Å². The van der Waals surface area contributed by atoms with Crippen LogP contribution in [0.15, 0.2) is 54.5 Å². The molecule has 1 unspecified atom stereocenters. The fourth-order valence-corrected chi connectivity index (χ4v) is 3.81. The van der Waals surface area contributed by atoms with E-state index in [1.807, 2.05) is 36.5 Å². The quantitative estimate of drug-likeness (QED) is 0.699. The highest BCUT2D eigenvalue weighted by Gasteiger charge is 2.27. The van der Waals surface area contributed by atoms with Gasteiger partial charge in [-0.05, 0) is 49.1 Å². The Labute approximate surface area is 158 Å². The van der Waals surface area contributed by atoms with E-state index in [2.05, 4.69) is 20.9 Å². The van der Waals surface area contributed by atoms with Gasteiger partial charge in [0.15, 0.2) is 0 Å². The molecule has 6 heteroatoms. The van der Waals surface area contributed by atoms with Gasteiger partial charge in [0.2, 0.25) is 0 Å². The number of aryl methyl sites for hydroxylation is 1. The SMILES string of the molecule is NC/C(F)=C/CN(Cc1nc2ccccc2[nH]1)C1CCCc2cccnc21. The van der Waals surface area contributed by atoms with Crippen molar-refractivity contribution in [2.75, 3.05) is 13.1 Å². The summed E-state index contributed by atoms with van der Waals surface area (Å²) in [6.45, 7) is 1.00. The molecule has 0 fully saturated rings. The molecule has 2 aromatic heterocycles. The number of nitrogens with zero attached hydrogens (tertiary/aromatic N) is 3. The summed E-state index contributed by atoms with van der Waals surface area (Å²) in [7, 11) is 0. The lowest BCUT2D eigenvalue weighted by Crippen LogP contribution is -2.32. The van der Waals surface area contributed by atoms with Gasteiger partial charge in [0, 0.05) is 19.3 Å². The van der Waals surface area contributed by atoms with Crippen molar-refractivity contribution in [3.8, 4) is 0 Å². The molecule has 4 rings (SSSR count). The zero-order valence-corrected chi connectivity index (χ0v) is 15.2. The predicted octanol–water partition coefficient (Wildman–Crippen LogP) is 3.65. The number of aromatic amines is 1. The second-order valence-electron chi connectivity index (χ2n) is 6.94. The summed E-state index contributed by atoms with van der Waals surface area (Å²) < 4.78 is 13.7. The van der Waals surface area contributed by atoms with Gasteiger partial charge in [0.05, 0.1) is 29.3 Å². The minimum absolute atomic E-state index is 0.0714. The van der Waals surface area contributed by atoms with Crippen molar-refractivity contribution in [2.24, 2.45) is 5.73 Å². The molecule has 0 radical (unpaired) electrons. The third-order valence-electron chi connectivity index (χ3n) is 5.14. The lowest BCUT2D eigenvalue weighted by atomic mass is 9.90. The number of hydrogen-bond donors (Lipinski definition) is 2. The Hall–Kier alpha value is -2.57. The highest BCUT2D eigenvalue weighted by molar-refractivity contribution is 5.74. The van der Waals surface area contributed by atoms with E-state index in [0.29, 0.717) is 13.1 Å². The van der Waals surface area contributed by atoms with Crippen molar-refractivity contribution in [1.82, 2.24) is 19.9 Å². The van der Waals surface area contributed by atoms with E-state index in [0.717, 1.165) is 41.8 Å². The van der Waals surface area contributed by atoms with Gasteiger partial charge >= 0.3 is 0 Å². The van der Waals surface area contributed by atoms with Crippen LogP contribution in [0.25, 0.3) is 11.0 Å². The van der Waals surface area contributed by atoms with E-state index in [-0.39, 0.29) is 18.4 Å². The number of fused-ring (bicyclic) bond motifs is 2. The summed E-state index contributed by atoms with van der Waals surface area (Å²) in [6.07, 6.45) is 6.56. The number of pyridine rings is 1. The second kappa shape index (κ2) is 7.98. The van der Waals surface area contributed by atoms with Gasteiger partial charge in [0.1, 0.15) is 11.7 Å². The smallest absolute Gasteiger partial charge is 0.121 e. The molecule has 3 N–H and O–H groups in total. The van der Waals surface area contributed by atoms with E-state index in [1.165, 1.54) is 5.56 Å². The van der Waals surface area contributed by atoms with Crippen molar-refractivity contribution in [2.45, 2.75) is 31.8 Å². The first kappa shape index (κ1) is 17.8. The average molecular weight is 365 g/mol. The number of aromatic nitrogens is 3. The van der Waals surface area contributed by atoms with Crippen molar-refractivity contribution < 1.29 is 4.39 Å². The Balaban J connectivity index is 1.65. The largest absolute Gasteiger partial charge is 0.341 e. The van der Waals surface area contributed by atoms with Crippen LogP contribution in [0.1, 0.15) is 36.0 Å². The van der Waals surface area contributed by atoms with Gasteiger partial charge in [-0.1, -0.05) is 18.2 Å². The van der Waals surface area contributed by atoms with Crippen molar-refractivity contribution >= 4 is 11.0 Å². The Morgan fingerprint density at radius 3 is 3.04 bits per heavy atom. The Kier molecular flexibility index (Phi) is 5.27. The number of imidazole rings is 1. The van der Waals surface area contributed by atoms with E-state index >= 15 is 0 Å². The maximum absolute atomic E-state index is 13.7. The molecular weight excluding hydrogens is 341 g/mol. The lowest BCUT2D eigenvalue weighted by molar-refractivity contribution is 0.180. The fourth-order valence-electron chi connectivity index (χ4n) is 3.81. The first-order chi connectivity index (χ1) is 13.2. The third kappa shape index (κ3) is 3.91. The molecule has 5 nitrogen and oxygen atoms in total. The molecule has 0 saturated heterocycles. The lowest BCUT2D eigenvalue weighted by Gasteiger charge is -2.34. The zero-order chi connectivity index (χ0) is 18.6. The summed E-state index contributed by atoms with van der Waals surface area (Å²) in [5.41, 5.74) is 9.76. The topological polar surface area (TPSA) is 70.8 Å². The third-order valence-corrected chi connectivity index (χ3v) is 5.14. The fraction of sp³-hybridized carbons (Fsp3) is 0.333. The molecular formula is C21H24FN5. The minimum atomic E-state index is -0.290. The van der Waals surface area contributed by atoms with Gasteiger partial charge < -0.3 is 10.7 Å². The number of nitrogens with one attached hydrogen (secondary N) is 1. The number of hydrogen-bond acceptors (Lipinski definition) is 4. The Morgan fingerprint density at radius 2 is 2.19 bits per heavy atom. The van der Waals surface area contributed by atoms with Crippen LogP contribution in [0.2, 0.25) is 0 Å². The maximum atomic E-state index is 13.7. The Bertz CT molecular complexity index is 915. The van der Waals surface area contributed by atoms with Crippen molar-refractivity contribution in [3.63, 3.8) is 0 Å². The molecule has 1 aliphatic carbocycles. The highest BCUT2D eigenvalue weighted by Crippen LogP contribution is 2.33. The molecule has 0 saturated carbocycles. The van der Waals surface area contributed by atoms with Gasteiger partial charge in [-0.2, -0.15) is 0 Å². The number of rotatable bonds is 6. The normalized spacial score (nSPS) is 17.4. The number of para-hydroxylation sites is 2.